The lowest BCUT2D eigenvalue weighted by Crippen LogP contribution is -2.50. The van der Waals surface area contributed by atoms with Gasteiger partial charge in [0.05, 0.1) is 5.75 Å². The lowest BCUT2D eigenvalue weighted by atomic mass is 10.1. The smallest absolute Gasteiger partial charge is 0.242 e. The second kappa shape index (κ2) is 10.7. The Morgan fingerprint density at radius 1 is 1.14 bits per heavy atom. The van der Waals surface area contributed by atoms with Gasteiger partial charge in [-0.25, -0.2) is 0 Å². The van der Waals surface area contributed by atoms with Crippen molar-refractivity contribution in [2.24, 2.45) is 0 Å². The molecule has 1 atom stereocenters. The molecule has 6 heteroatoms. The summed E-state index contributed by atoms with van der Waals surface area (Å²) in [4.78, 5) is 28.6. The molecule has 4 nitrogen and oxygen atoms in total. The van der Waals surface area contributed by atoms with E-state index in [2.05, 4.69) is 5.32 Å². The highest BCUT2D eigenvalue weighted by molar-refractivity contribution is 8.00. The Hall–Kier alpha value is -1.98. The van der Waals surface area contributed by atoms with E-state index in [0.717, 1.165) is 36.1 Å². The quantitative estimate of drug-likeness (QED) is 0.605. The largest absolute Gasteiger partial charge is 0.352 e. The highest BCUT2D eigenvalue weighted by atomic mass is 35.5. The summed E-state index contributed by atoms with van der Waals surface area (Å²) in [7, 11) is 0. The summed E-state index contributed by atoms with van der Waals surface area (Å²) in [6.45, 7) is 2.16. The molecule has 2 aromatic rings. The molecule has 154 valence electrons. The van der Waals surface area contributed by atoms with Crippen LogP contribution in [0, 0.1) is 0 Å². The fourth-order valence-electron chi connectivity index (χ4n) is 3.55. The maximum absolute atomic E-state index is 13.1. The molecule has 3 rings (SSSR count). The van der Waals surface area contributed by atoms with Crippen LogP contribution in [0.25, 0.3) is 0 Å². The highest BCUT2D eigenvalue weighted by Crippen LogP contribution is 2.21. The van der Waals surface area contributed by atoms with Crippen LogP contribution in [0.4, 0.5) is 0 Å². The van der Waals surface area contributed by atoms with Crippen molar-refractivity contribution in [3.05, 3.63) is 65.2 Å². The summed E-state index contributed by atoms with van der Waals surface area (Å²) in [5.41, 5.74) is 0.913. The summed E-state index contributed by atoms with van der Waals surface area (Å²) in [6, 6.07) is 16.9. The van der Waals surface area contributed by atoms with Crippen molar-refractivity contribution in [3.8, 4) is 0 Å². The second-order valence-corrected chi connectivity index (χ2v) is 8.90. The molecule has 0 aromatic heterocycles. The van der Waals surface area contributed by atoms with E-state index >= 15 is 0 Å². The normalized spacial score (nSPS) is 15.1. The number of carbonyl (C=O) groups excluding carboxylic acids is 2. The molecule has 0 aliphatic heterocycles. The topological polar surface area (TPSA) is 49.4 Å². The lowest BCUT2D eigenvalue weighted by Gasteiger charge is -2.29. The number of halogens is 1. The van der Waals surface area contributed by atoms with Crippen molar-refractivity contribution < 1.29 is 9.59 Å². The highest BCUT2D eigenvalue weighted by Gasteiger charge is 2.28. The van der Waals surface area contributed by atoms with Crippen LogP contribution in [0.5, 0.6) is 0 Å². The van der Waals surface area contributed by atoms with E-state index in [9.17, 15) is 9.59 Å². The van der Waals surface area contributed by atoms with E-state index in [-0.39, 0.29) is 23.6 Å². The van der Waals surface area contributed by atoms with Gasteiger partial charge in [0.25, 0.3) is 0 Å². The molecule has 29 heavy (non-hydrogen) atoms. The molecule has 1 N–H and O–H groups in total. The molecule has 2 amide bonds. The number of hydrogen-bond acceptors (Lipinski definition) is 3. The van der Waals surface area contributed by atoms with Crippen molar-refractivity contribution in [3.63, 3.8) is 0 Å². The van der Waals surface area contributed by atoms with Crippen molar-refractivity contribution >= 4 is 35.2 Å². The SMILES string of the molecule is CC(C(=O)NC1CCCC1)N(Cc1cccc(Cl)c1)C(=O)CSc1ccccc1. The summed E-state index contributed by atoms with van der Waals surface area (Å²) in [5, 5.41) is 3.74. The van der Waals surface area contributed by atoms with Gasteiger partial charge in [-0.15, -0.1) is 11.8 Å². The fourth-order valence-corrected chi connectivity index (χ4v) is 4.57. The van der Waals surface area contributed by atoms with Gasteiger partial charge in [-0.1, -0.05) is 54.8 Å². The van der Waals surface area contributed by atoms with Crippen LogP contribution in [0.15, 0.2) is 59.5 Å². The zero-order valence-corrected chi connectivity index (χ0v) is 18.2. The number of hydrogen-bond donors (Lipinski definition) is 1. The van der Waals surface area contributed by atoms with Gasteiger partial charge in [0.1, 0.15) is 6.04 Å². The molecule has 1 aliphatic carbocycles. The summed E-state index contributed by atoms with van der Waals surface area (Å²) in [5.74, 6) is 0.135. The van der Waals surface area contributed by atoms with E-state index in [1.54, 1.807) is 17.9 Å². The number of rotatable bonds is 8. The molecule has 1 unspecified atom stereocenters. The molecule has 0 saturated heterocycles. The summed E-state index contributed by atoms with van der Waals surface area (Å²) in [6.07, 6.45) is 4.34. The molecule has 1 fully saturated rings. The summed E-state index contributed by atoms with van der Waals surface area (Å²) >= 11 is 7.60. The minimum absolute atomic E-state index is 0.0621. The number of amides is 2. The third-order valence-electron chi connectivity index (χ3n) is 5.22. The van der Waals surface area contributed by atoms with Crippen molar-refractivity contribution in [2.45, 2.75) is 56.1 Å². The Labute approximate surface area is 182 Å². The fraction of sp³-hybridized carbons (Fsp3) is 0.391. The summed E-state index contributed by atoms with van der Waals surface area (Å²) < 4.78 is 0. The first-order valence-corrected chi connectivity index (χ1v) is 11.4. The Bertz CT molecular complexity index is 825. The van der Waals surface area contributed by atoms with Crippen molar-refractivity contribution in [2.75, 3.05) is 5.75 Å². The Kier molecular flexibility index (Phi) is 8.01. The minimum Gasteiger partial charge on any atom is -0.352 e. The number of nitrogens with zero attached hydrogens (tertiary/aromatic N) is 1. The second-order valence-electron chi connectivity index (χ2n) is 7.42. The van der Waals surface area contributed by atoms with E-state index in [0.29, 0.717) is 11.6 Å². The minimum atomic E-state index is -0.543. The van der Waals surface area contributed by atoms with Gasteiger partial charge < -0.3 is 10.2 Å². The maximum Gasteiger partial charge on any atom is 0.242 e. The standard InChI is InChI=1S/C23H27ClN2O2S/c1-17(23(28)25-20-10-5-6-11-20)26(15-18-8-7-9-19(24)14-18)22(27)16-29-21-12-3-2-4-13-21/h2-4,7-9,12-14,17,20H,5-6,10-11,15-16H2,1H3,(H,25,28). The van der Waals surface area contributed by atoms with E-state index in [1.165, 1.54) is 11.8 Å². The molecule has 2 aromatic carbocycles. The van der Waals surface area contributed by atoms with Crippen LogP contribution >= 0.6 is 23.4 Å². The first-order valence-electron chi connectivity index (χ1n) is 10.0. The van der Waals surface area contributed by atoms with Gasteiger partial charge in [-0.05, 0) is 49.6 Å². The van der Waals surface area contributed by atoms with Gasteiger partial charge in [-0.3, -0.25) is 9.59 Å². The van der Waals surface area contributed by atoms with Crippen LogP contribution in [0.2, 0.25) is 5.02 Å². The third-order valence-corrected chi connectivity index (χ3v) is 6.45. The first kappa shape index (κ1) is 21.7. The molecular formula is C23H27ClN2O2S. The predicted octanol–water partition coefficient (Wildman–Crippen LogP) is 4.91. The number of benzene rings is 2. The predicted molar refractivity (Wildman–Crippen MR) is 119 cm³/mol. The van der Waals surface area contributed by atoms with Crippen LogP contribution < -0.4 is 5.32 Å². The molecule has 0 spiro atoms. The Balaban J connectivity index is 1.70. The van der Waals surface area contributed by atoms with Gasteiger partial charge in [0.2, 0.25) is 11.8 Å². The zero-order chi connectivity index (χ0) is 20.6. The molecule has 0 heterocycles. The number of thioether (sulfide) groups is 1. The van der Waals surface area contributed by atoms with E-state index < -0.39 is 6.04 Å². The first-order chi connectivity index (χ1) is 14.0. The molecular weight excluding hydrogens is 404 g/mol. The van der Waals surface area contributed by atoms with E-state index in [1.807, 2.05) is 48.5 Å². The van der Waals surface area contributed by atoms with Crippen LogP contribution in [0.1, 0.15) is 38.2 Å². The monoisotopic (exact) mass is 430 g/mol. The van der Waals surface area contributed by atoms with Crippen molar-refractivity contribution in [1.29, 1.82) is 0 Å². The lowest BCUT2D eigenvalue weighted by molar-refractivity contribution is -0.138. The van der Waals surface area contributed by atoms with Gasteiger partial charge in [0.15, 0.2) is 0 Å². The molecule has 0 radical (unpaired) electrons. The Morgan fingerprint density at radius 3 is 2.55 bits per heavy atom. The number of carbonyl (C=O) groups is 2. The average Bonchev–Trinajstić information content (AvgIpc) is 3.23. The van der Waals surface area contributed by atoms with Crippen molar-refractivity contribution in [1.82, 2.24) is 10.2 Å². The average molecular weight is 431 g/mol. The van der Waals surface area contributed by atoms with Gasteiger partial charge >= 0.3 is 0 Å². The third kappa shape index (κ3) is 6.51. The number of nitrogens with one attached hydrogen (secondary N) is 1. The van der Waals surface area contributed by atoms with Gasteiger partial charge in [-0.2, -0.15) is 0 Å². The van der Waals surface area contributed by atoms with Crippen LogP contribution in [-0.2, 0) is 16.1 Å². The Morgan fingerprint density at radius 2 is 1.86 bits per heavy atom. The zero-order valence-electron chi connectivity index (χ0n) is 16.6. The molecule has 0 bridgehead atoms. The van der Waals surface area contributed by atoms with Crippen LogP contribution in [0.3, 0.4) is 0 Å². The van der Waals surface area contributed by atoms with Gasteiger partial charge in [0, 0.05) is 22.5 Å². The van der Waals surface area contributed by atoms with E-state index in [4.69, 9.17) is 11.6 Å². The maximum atomic E-state index is 13.1. The molecule has 1 aliphatic rings. The molecule has 1 saturated carbocycles. The van der Waals surface area contributed by atoms with Crippen LogP contribution in [-0.4, -0.2) is 34.6 Å².